The lowest BCUT2D eigenvalue weighted by molar-refractivity contribution is -0.945. The molecule has 3 aromatic rings. The topological polar surface area (TPSA) is 43.9 Å². The van der Waals surface area contributed by atoms with E-state index in [1.54, 1.807) is 6.07 Å². The zero-order chi connectivity index (χ0) is 17.6. The summed E-state index contributed by atoms with van der Waals surface area (Å²) in [6.45, 7) is 3.90. The average molecular weight is 377 g/mol. The van der Waals surface area contributed by atoms with Gasteiger partial charge in [0.1, 0.15) is 18.8 Å². The molecular weight excluding hydrogens is 361 g/mol. The molecule has 0 spiro atoms. The van der Waals surface area contributed by atoms with E-state index >= 15 is 0 Å². The van der Waals surface area contributed by atoms with E-state index < -0.39 is 0 Å². The van der Waals surface area contributed by atoms with Crippen molar-refractivity contribution in [1.82, 2.24) is 0 Å². The van der Waals surface area contributed by atoms with E-state index in [0.717, 1.165) is 34.4 Å². The lowest BCUT2D eigenvalue weighted by atomic mass is 10.0. The highest BCUT2D eigenvalue weighted by Gasteiger charge is 2.25. The van der Waals surface area contributed by atoms with E-state index in [1.807, 2.05) is 31.2 Å². The van der Waals surface area contributed by atoms with Gasteiger partial charge in [-0.25, -0.2) is 4.79 Å². The predicted molar refractivity (Wildman–Crippen MR) is 97.5 cm³/mol. The molecule has 1 aliphatic heterocycles. The highest BCUT2D eigenvalue weighted by atomic mass is 35.5. The normalized spacial score (nSPS) is 16.5. The van der Waals surface area contributed by atoms with Crippen LogP contribution in [-0.2, 0) is 13.1 Å². The lowest BCUT2D eigenvalue weighted by Crippen LogP contribution is -3.10. The number of rotatable bonds is 2. The van der Waals surface area contributed by atoms with Gasteiger partial charge in [0.2, 0.25) is 6.73 Å². The van der Waals surface area contributed by atoms with Gasteiger partial charge in [0.25, 0.3) is 0 Å². The number of nitrogens with one attached hydrogen (secondary N) is 1. The minimum absolute atomic E-state index is 0.338. The molecular formula is C19H16Cl2NO3+. The summed E-state index contributed by atoms with van der Waals surface area (Å²) < 4.78 is 11.4. The van der Waals surface area contributed by atoms with Gasteiger partial charge in [0.05, 0.1) is 15.6 Å². The second-order valence-corrected chi connectivity index (χ2v) is 7.12. The van der Waals surface area contributed by atoms with Gasteiger partial charge in [-0.1, -0.05) is 29.3 Å². The van der Waals surface area contributed by atoms with Crippen LogP contribution in [-0.4, -0.2) is 6.73 Å². The zero-order valence-electron chi connectivity index (χ0n) is 13.6. The Labute approximate surface area is 154 Å². The van der Waals surface area contributed by atoms with Crippen molar-refractivity contribution in [3.8, 4) is 5.75 Å². The van der Waals surface area contributed by atoms with Crippen LogP contribution in [0.25, 0.3) is 11.0 Å². The summed E-state index contributed by atoms with van der Waals surface area (Å²) in [5.41, 5.74) is 3.20. The monoisotopic (exact) mass is 376 g/mol. The van der Waals surface area contributed by atoms with Gasteiger partial charge in [-0.3, -0.25) is 4.90 Å². The van der Waals surface area contributed by atoms with Crippen LogP contribution >= 0.6 is 23.2 Å². The van der Waals surface area contributed by atoms with Crippen LogP contribution in [0.1, 0.15) is 16.7 Å². The Morgan fingerprint density at radius 1 is 1.12 bits per heavy atom. The molecule has 0 radical (unpaired) electrons. The van der Waals surface area contributed by atoms with Gasteiger partial charge in [0, 0.05) is 17.0 Å². The predicted octanol–water partition coefficient (Wildman–Crippen LogP) is 3.34. The van der Waals surface area contributed by atoms with Gasteiger partial charge in [-0.15, -0.1) is 0 Å². The lowest BCUT2D eigenvalue weighted by Gasteiger charge is -2.26. The fourth-order valence-electron chi connectivity index (χ4n) is 3.26. The third-order valence-electron chi connectivity index (χ3n) is 4.48. The van der Waals surface area contributed by atoms with E-state index in [1.165, 1.54) is 11.0 Å². The molecule has 6 heteroatoms. The van der Waals surface area contributed by atoms with Gasteiger partial charge in [0.15, 0.2) is 5.58 Å². The van der Waals surface area contributed by atoms with Crippen molar-refractivity contribution >= 4 is 34.2 Å². The second-order valence-electron chi connectivity index (χ2n) is 6.31. The number of hydrogen-bond acceptors (Lipinski definition) is 3. The highest BCUT2D eigenvalue weighted by molar-refractivity contribution is 6.42. The fraction of sp³-hybridized carbons (Fsp3) is 0.211. The number of fused-ring (bicyclic) bond motifs is 3. The van der Waals surface area contributed by atoms with Crippen molar-refractivity contribution in [3.63, 3.8) is 0 Å². The van der Waals surface area contributed by atoms with Crippen LogP contribution < -0.4 is 15.3 Å². The maximum atomic E-state index is 11.8. The largest absolute Gasteiger partial charge is 0.445 e. The molecule has 0 aliphatic carbocycles. The standard InChI is InChI=1S/C19H15Cl2NO3/c1-11-6-18(23)25-19-13(11)3-5-17-14(19)9-22(10-24-17)8-12-2-4-15(20)16(21)7-12/h2-7H,8-10H2,1H3/p+1. The Morgan fingerprint density at radius 3 is 2.76 bits per heavy atom. The first-order valence-electron chi connectivity index (χ1n) is 7.98. The van der Waals surface area contributed by atoms with Crippen molar-refractivity contribution < 1.29 is 14.1 Å². The fourth-order valence-corrected chi connectivity index (χ4v) is 3.58. The molecule has 1 N–H and O–H groups in total. The van der Waals surface area contributed by atoms with Crippen LogP contribution in [0.5, 0.6) is 5.75 Å². The number of quaternary nitrogens is 1. The molecule has 0 saturated carbocycles. The molecule has 4 nitrogen and oxygen atoms in total. The maximum absolute atomic E-state index is 11.8. The first-order chi connectivity index (χ1) is 12.0. The molecule has 0 saturated heterocycles. The average Bonchev–Trinajstić information content (AvgIpc) is 2.58. The zero-order valence-corrected chi connectivity index (χ0v) is 15.1. The Kier molecular flexibility index (Phi) is 4.20. The first-order valence-corrected chi connectivity index (χ1v) is 8.73. The third-order valence-corrected chi connectivity index (χ3v) is 5.22. The van der Waals surface area contributed by atoms with Crippen LogP contribution in [0.3, 0.4) is 0 Å². The molecule has 1 atom stereocenters. The number of hydrogen-bond donors (Lipinski definition) is 1. The molecule has 1 unspecified atom stereocenters. The van der Waals surface area contributed by atoms with Crippen molar-refractivity contribution in [1.29, 1.82) is 0 Å². The SMILES string of the molecule is Cc1cc(=O)oc2c3c(ccc12)OC[NH+](Cc1ccc(Cl)c(Cl)c1)C3. The van der Waals surface area contributed by atoms with Crippen LogP contribution in [0.15, 0.2) is 45.6 Å². The van der Waals surface area contributed by atoms with Gasteiger partial charge >= 0.3 is 5.63 Å². The molecule has 1 aromatic heterocycles. The summed E-state index contributed by atoms with van der Waals surface area (Å²) in [4.78, 5) is 13.0. The summed E-state index contributed by atoms with van der Waals surface area (Å²) in [6.07, 6.45) is 0. The Hall–Kier alpha value is -2.01. The quantitative estimate of drug-likeness (QED) is 0.697. The van der Waals surface area contributed by atoms with E-state index in [9.17, 15) is 4.79 Å². The van der Waals surface area contributed by atoms with E-state index in [2.05, 4.69) is 0 Å². The number of halogens is 2. The van der Waals surface area contributed by atoms with Crippen molar-refractivity contribution in [2.45, 2.75) is 20.0 Å². The molecule has 0 bridgehead atoms. The minimum Gasteiger partial charge on any atom is -0.445 e. The van der Waals surface area contributed by atoms with Crippen molar-refractivity contribution in [2.75, 3.05) is 6.73 Å². The molecule has 0 fully saturated rings. The Balaban J connectivity index is 1.69. The van der Waals surface area contributed by atoms with Crippen LogP contribution in [0, 0.1) is 6.92 Å². The van der Waals surface area contributed by atoms with Crippen LogP contribution in [0.2, 0.25) is 10.0 Å². The summed E-state index contributed by atoms with van der Waals surface area (Å²) in [7, 11) is 0. The van der Waals surface area contributed by atoms with E-state index in [-0.39, 0.29) is 5.63 Å². The number of aryl methyl sites for hydroxylation is 1. The summed E-state index contributed by atoms with van der Waals surface area (Å²) >= 11 is 12.1. The Bertz CT molecular complexity index is 1030. The summed E-state index contributed by atoms with van der Waals surface area (Å²) in [6, 6.07) is 11.0. The van der Waals surface area contributed by atoms with Gasteiger partial charge in [-0.2, -0.15) is 0 Å². The highest BCUT2D eigenvalue weighted by Crippen LogP contribution is 2.29. The molecule has 2 aromatic carbocycles. The van der Waals surface area contributed by atoms with Crippen LogP contribution in [0.4, 0.5) is 0 Å². The Morgan fingerprint density at radius 2 is 1.96 bits per heavy atom. The van der Waals surface area contributed by atoms with Gasteiger partial charge in [-0.05, 0) is 36.8 Å². The van der Waals surface area contributed by atoms with E-state index in [0.29, 0.717) is 28.9 Å². The molecule has 25 heavy (non-hydrogen) atoms. The van der Waals surface area contributed by atoms with Crippen molar-refractivity contribution in [2.24, 2.45) is 0 Å². The van der Waals surface area contributed by atoms with E-state index in [4.69, 9.17) is 32.4 Å². The molecule has 2 heterocycles. The smallest absolute Gasteiger partial charge is 0.336 e. The van der Waals surface area contributed by atoms with Crippen molar-refractivity contribution in [3.05, 3.63) is 73.6 Å². The minimum atomic E-state index is -0.338. The molecule has 1 aliphatic rings. The number of benzene rings is 2. The molecule has 4 rings (SSSR count). The third kappa shape index (κ3) is 3.13. The molecule has 128 valence electrons. The summed E-state index contributed by atoms with van der Waals surface area (Å²) in [5.74, 6) is 0.777. The number of ether oxygens (including phenoxy) is 1. The molecule has 0 amide bonds. The summed E-state index contributed by atoms with van der Waals surface area (Å²) in [5, 5.41) is 2.03. The second kappa shape index (κ2) is 6.37. The first kappa shape index (κ1) is 16.5. The van der Waals surface area contributed by atoms with Gasteiger partial charge < -0.3 is 9.15 Å². The maximum Gasteiger partial charge on any atom is 0.336 e.